The molecule has 0 aliphatic heterocycles. The summed E-state index contributed by atoms with van der Waals surface area (Å²) in [5.41, 5.74) is 1.82. The highest BCUT2D eigenvalue weighted by Crippen LogP contribution is 2.29. The second kappa shape index (κ2) is 6.92. The fraction of sp³-hybridized carbons (Fsp3) is 0.143. The topological polar surface area (TPSA) is 95.8 Å². The lowest BCUT2D eigenvalue weighted by atomic mass is 10.3. The van der Waals surface area contributed by atoms with Crippen molar-refractivity contribution in [3.8, 4) is 10.4 Å². The zero-order valence-corrected chi connectivity index (χ0v) is 12.4. The maximum atomic E-state index is 8.83. The number of pyridine rings is 1. The van der Waals surface area contributed by atoms with Crippen LogP contribution in [0.15, 0.2) is 43.2 Å². The molecule has 0 aliphatic carbocycles. The normalized spacial score (nSPS) is 10.4. The van der Waals surface area contributed by atoms with Gasteiger partial charge in [0.2, 0.25) is 0 Å². The van der Waals surface area contributed by atoms with Gasteiger partial charge in [0.1, 0.15) is 12.1 Å². The zero-order valence-electron chi connectivity index (χ0n) is 11.6. The molecule has 3 aromatic heterocycles. The molecule has 0 spiro atoms. The largest absolute Gasteiger partial charge is 0.395 e. The molecule has 0 fully saturated rings. The van der Waals surface area contributed by atoms with Crippen LogP contribution >= 0.6 is 11.3 Å². The SMILES string of the molecule is OCCNc1ccnc(Nc2ncc(-c3cncnc3)s2)c1. The highest BCUT2D eigenvalue weighted by Gasteiger charge is 2.06. The predicted molar refractivity (Wildman–Crippen MR) is 86.2 cm³/mol. The van der Waals surface area contributed by atoms with Crippen molar-refractivity contribution in [2.45, 2.75) is 0 Å². The van der Waals surface area contributed by atoms with E-state index in [0.29, 0.717) is 12.4 Å². The third kappa shape index (κ3) is 3.54. The van der Waals surface area contributed by atoms with Crippen LogP contribution in [0.2, 0.25) is 0 Å². The lowest BCUT2D eigenvalue weighted by Crippen LogP contribution is -2.05. The molecule has 3 heterocycles. The molecule has 22 heavy (non-hydrogen) atoms. The van der Waals surface area contributed by atoms with E-state index in [2.05, 4.69) is 30.6 Å². The van der Waals surface area contributed by atoms with Crippen LogP contribution in [-0.4, -0.2) is 38.2 Å². The number of rotatable bonds is 6. The van der Waals surface area contributed by atoms with Gasteiger partial charge in [-0.2, -0.15) is 0 Å². The van der Waals surface area contributed by atoms with Crippen LogP contribution < -0.4 is 10.6 Å². The van der Waals surface area contributed by atoms with Gasteiger partial charge in [-0.15, -0.1) is 0 Å². The number of nitrogens with one attached hydrogen (secondary N) is 2. The molecule has 3 rings (SSSR count). The van der Waals surface area contributed by atoms with Crippen LogP contribution in [0.25, 0.3) is 10.4 Å². The first kappa shape index (κ1) is 14.4. The van der Waals surface area contributed by atoms with E-state index >= 15 is 0 Å². The minimum Gasteiger partial charge on any atom is -0.395 e. The molecule has 8 heteroatoms. The molecule has 7 nitrogen and oxygen atoms in total. The van der Waals surface area contributed by atoms with Gasteiger partial charge >= 0.3 is 0 Å². The Bertz CT molecular complexity index is 733. The number of hydrogen-bond acceptors (Lipinski definition) is 8. The Hall–Kier alpha value is -2.58. The van der Waals surface area contributed by atoms with E-state index in [0.717, 1.165) is 21.3 Å². The van der Waals surface area contributed by atoms with Crippen molar-refractivity contribution < 1.29 is 5.11 Å². The zero-order chi connectivity index (χ0) is 15.2. The molecule has 0 atom stereocenters. The van der Waals surface area contributed by atoms with Crippen molar-refractivity contribution in [2.75, 3.05) is 23.8 Å². The lowest BCUT2D eigenvalue weighted by molar-refractivity contribution is 0.311. The average Bonchev–Trinajstić information content (AvgIpc) is 3.03. The Morgan fingerprint density at radius 2 is 2.00 bits per heavy atom. The molecule has 112 valence electrons. The number of hydrogen-bond donors (Lipinski definition) is 3. The molecule has 0 aliphatic rings. The first-order valence-electron chi connectivity index (χ1n) is 6.64. The number of nitrogens with zero attached hydrogens (tertiary/aromatic N) is 4. The van der Waals surface area contributed by atoms with Gasteiger partial charge in [0.05, 0.1) is 11.5 Å². The molecule has 0 saturated heterocycles. The maximum absolute atomic E-state index is 8.83. The first-order valence-corrected chi connectivity index (χ1v) is 7.46. The molecule has 0 aromatic carbocycles. The molecule has 0 bridgehead atoms. The van der Waals surface area contributed by atoms with Crippen LogP contribution in [0.3, 0.4) is 0 Å². The second-order valence-corrected chi connectivity index (χ2v) is 5.39. The number of anilines is 3. The van der Waals surface area contributed by atoms with Crippen LogP contribution in [0, 0.1) is 0 Å². The van der Waals surface area contributed by atoms with Gasteiger partial charge in [-0.25, -0.2) is 19.9 Å². The van der Waals surface area contributed by atoms with Gasteiger partial charge in [-0.1, -0.05) is 11.3 Å². The summed E-state index contributed by atoms with van der Waals surface area (Å²) in [5.74, 6) is 0.688. The summed E-state index contributed by atoms with van der Waals surface area (Å²) in [6.45, 7) is 0.582. The first-order chi connectivity index (χ1) is 10.8. The smallest absolute Gasteiger partial charge is 0.188 e. The van der Waals surface area contributed by atoms with E-state index in [4.69, 9.17) is 5.11 Å². The number of aliphatic hydroxyl groups is 1. The Morgan fingerprint density at radius 3 is 2.82 bits per heavy atom. The minimum atomic E-state index is 0.0834. The standard InChI is InChI=1S/C14H14N6OS/c21-4-3-17-11-1-2-18-13(5-11)20-14-19-8-12(22-14)10-6-15-9-16-7-10/h1-2,5-9,21H,3-4H2,(H2,17,18,19,20). The van der Waals surface area contributed by atoms with Gasteiger partial charge in [0.25, 0.3) is 0 Å². The van der Waals surface area contributed by atoms with Gasteiger partial charge in [-0.05, 0) is 6.07 Å². The predicted octanol–water partition coefficient (Wildman–Crippen LogP) is 2.14. The highest BCUT2D eigenvalue weighted by atomic mass is 32.1. The Morgan fingerprint density at radius 1 is 1.14 bits per heavy atom. The van der Waals surface area contributed by atoms with E-state index in [1.807, 2.05) is 12.1 Å². The molecule has 0 saturated carbocycles. The van der Waals surface area contributed by atoms with Gasteiger partial charge < -0.3 is 15.7 Å². The van der Waals surface area contributed by atoms with Crippen LogP contribution in [0.4, 0.5) is 16.6 Å². The third-order valence-corrected chi connectivity index (χ3v) is 3.75. The highest BCUT2D eigenvalue weighted by molar-refractivity contribution is 7.18. The van der Waals surface area contributed by atoms with Crippen LogP contribution in [0.1, 0.15) is 0 Å². The van der Waals surface area contributed by atoms with E-state index in [1.165, 1.54) is 17.7 Å². The molecule has 3 N–H and O–H groups in total. The molecular weight excluding hydrogens is 300 g/mol. The summed E-state index contributed by atoms with van der Waals surface area (Å²) >= 11 is 1.50. The maximum Gasteiger partial charge on any atom is 0.188 e. The van der Waals surface area contributed by atoms with Crippen molar-refractivity contribution >= 4 is 28.0 Å². The van der Waals surface area contributed by atoms with Crippen molar-refractivity contribution in [2.24, 2.45) is 0 Å². The van der Waals surface area contributed by atoms with E-state index in [9.17, 15) is 0 Å². The Labute approximate surface area is 131 Å². The second-order valence-electron chi connectivity index (χ2n) is 4.36. The third-order valence-electron chi connectivity index (χ3n) is 2.79. The number of thiazole rings is 1. The fourth-order valence-corrected chi connectivity index (χ4v) is 2.61. The molecular formula is C14H14N6OS. The summed E-state index contributed by atoms with van der Waals surface area (Å²) in [6.07, 6.45) is 8.48. The minimum absolute atomic E-state index is 0.0834. The van der Waals surface area contributed by atoms with Crippen molar-refractivity contribution in [1.29, 1.82) is 0 Å². The summed E-state index contributed by atoms with van der Waals surface area (Å²) in [4.78, 5) is 17.6. The van der Waals surface area contributed by atoms with Gasteiger partial charge in [0.15, 0.2) is 5.13 Å². The number of aliphatic hydroxyl groups excluding tert-OH is 1. The van der Waals surface area contributed by atoms with Crippen LogP contribution in [-0.2, 0) is 0 Å². The summed E-state index contributed by atoms with van der Waals surface area (Å²) in [5, 5.41) is 15.8. The van der Waals surface area contributed by atoms with Gasteiger partial charge in [-0.3, -0.25) is 0 Å². The van der Waals surface area contributed by atoms with Crippen molar-refractivity contribution in [3.05, 3.63) is 43.2 Å². The van der Waals surface area contributed by atoms with E-state index < -0.39 is 0 Å². The molecule has 0 unspecified atom stereocenters. The quantitative estimate of drug-likeness (QED) is 0.641. The van der Waals surface area contributed by atoms with Crippen LogP contribution in [0.5, 0.6) is 0 Å². The summed E-state index contributed by atoms with van der Waals surface area (Å²) in [7, 11) is 0. The van der Waals surface area contributed by atoms with E-state index in [-0.39, 0.29) is 6.61 Å². The molecule has 3 aromatic rings. The average molecular weight is 314 g/mol. The van der Waals surface area contributed by atoms with Crippen molar-refractivity contribution in [3.63, 3.8) is 0 Å². The molecule has 0 radical (unpaired) electrons. The molecule has 0 amide bonds. The fourth-order valence-electron chi connectivity index (χ4n) is 1.81. The Kier molecular flexibility index (Phi) is 4.52. The number of aromatic nitrogens is 4. The van der Waals surface area contributed by atoms with Gasteiger partial charge in [0, 0.05) is 48.6 Å². The lowest BCUT2D eigenvalue weighted by Gasteiger charge is -2.06. The Balaban J connectivity index is 1.72. The summed E-state index contributed by atoms with van der Waals surface area (Å²) in [6, 6.07) is 3.71. The monoisotopic (exact) mass is 314 g/mol. The van der Waals surface area contributed by atoms with Crippen molar-refractivity contribution in [1.82, 2.24) is 19.9 Å². The summed E-state index contributed by atoms with van der Waals surface area (Å²) < 4.78 is 0. The van der Waals surface area contributed by atoms with E-state index in [1.54, 1.807) is 24.8 Å².